The van der Waals surface area contributed by atoms with Crippen LogP contribution in [0.2, 0.25) is 0 Å². The molecule has 0 fully saturated rings. The molecule has 0 aliphatic rings. The summed E-state index contributed by atoms with van der Waals surface area (Å²) < 4.78 is 51.8. The number of halogens is 2. The monoisotopic (exact) mass is 589 g/mol. The molecule has 0 spiro atoms. The number of aldehydes is 1. The summed E-state index contributed by atoms with van der Waals surface area (Å²) in [7, 11) is 3.54. The number of fused-ring (bicyclic) bond motifs is 1. The Bertz CT molecular complexity index is 1230. The third kappa shape index (κ3) is 12.8. The van der Waals surface area contributed by atoms with Crippen LogP contribution in [0.25, 0.3) is 16.8 Å². The molecule has 40 heavy (non-hydrogen) atoms. The van der Waals surface area contributed by atoms with E-state index in [1.807, 2.05) is 25.4 Å². The Balaban J connectivity index is 0. The molecule has 2 heterocycles. The summed E-state index contributed by atoms with van der Waals surface area (Å²) in [6.07, 6.45) is 4.21. The molecule has 1 amide bonds. The van der Waals surface area contributed by atoms with Gasteiger partial charge in [-0.15, -0.1) is 0 Å². The van der Waals surface area contributed by atoms with Gasteiger partial charge in [0.1, 0.15) is 17.9 Å². The Labute approximate surface area is 259 Å². The largest absolute Gasteiger partial charge is 1.00 e. The van der Waals surface area contributed by atoms with Crippen molar-refractivity contribution in [1.82, 2.24) is 9.97 Å². The first-order chi connectivity index (χ1) is 18.4. The number of hydrogen-bond donors (Lipinski definition) is 1. The second-order valence-electron chi connectivity index (χ2n) is 7.84. The summed E-state index contributed by atoms with van der Waals surface area (Å²) in [5.74, 6) is -1.07. The third-order valence-electron chi connectivity index (χ3n) is 5.31. The molecular formula is C27H36F2N4NaO5S-. The number of rotatable bonds is 7. The van der Waals surface area contributed by atoms with Crippen LogP contribution in [-0.2, 0) is 27.1 Å². The number of benzene rings is 1. The van der Waals surface area contributed by atoms with E-state index < -0.39 is 28.6 Å². The molecule has 0 aliphatic heterocycles. The van der Waals surface area contributed by atoms with E-state index in [0.717, 1.165) is 41.6 Å². The van der Waals surface area contributed by atoms with Gasteiger partial charge >= 0.3 is 29.6 Å². The van der Waals surface area contributed by atoms with Gasteiger partial charge in [0.2, 0.25) is 5.88 Å². The molecule has 2 atom stereocenters. The third-order valence-corrected chi connectivity index (χ3v) is 5.93. The molecule has 0 aliphatic carbocycles. The maximum atomic E-state index is 13.0. The molecule has 0 saturated heterocycles. The normalized spacial score (nSPS) is 11.1. The van der Waals surface area contributed by atoms with Gasteiger partial charge in [0.25, 0.3) is 0 Å². The molecule has 1 aromatic carbocycles. The van der Waals surface area contributed by atoms with Crippen LogP contribution in [-0.4, -0.2) is 45.1 Å². The van der Waals surface area contributed by atoms with Gasteiger partial charge in [-0.25, -0.2) is 13.8 Å². The van der Waals surface area contributed by atoms with E-state index in [-0.39, 0.29) is 46.4 Å². The molecule has 2 unspecified atom stereocenters. The Kier molecular flexibility index (Phi) is 21.1. The molecule has 216 valence electrons. The quantitative estimate of drug-likeness (QED) is 0.251. The molecule has 0 saturated carbocycles. The van der Waals surface area contributed by atoms with Gasteiger partial charge in [-0.05, 0) is 66.9 Å². The number of methoxy groups -OCH3 is 1. The molecule has 3 rings (SSSR count). The Hall–Kier alpha value is -2.51. The average Bonchev–Trinajstić information content (AvgIpc) is 2.92. The van der Waals surface area contributed by atoms with Crippen molar-refractivity contribution in [2.24, 2.45) is 0 Å². The van der Waals surface area contributed by atoms with Crippen LogP contribution in [0, 0.1) is 11.6 Å². The number of pyridine rings is 2. The topological polar surface area (TPSA) is 145 Å². The molecule has 0 radical (unpaired) electrons. The van der Waals surface area contributed by atoms with Crippen molar-refractivity contribution in [2.45, 2.75) is 64.7 Å². The second-order valence-corrected chi connectivity index (χ2v) is 8.78. The fourth-order valence-electron chi connectivity index (χ4n) is 3.14. The van der Waals surface area contributed by atoms with Crippen molar-refractivity contribution in [3.63, 3.8) is 0 Å². The van der Waals surface area contributed by atoms with Crippen molar-refractivity contribution >= 4 is 40.0 Å². The number of aromatic nitrogens is 2. The number of amides is 1. The van der Waals surface area contributed by atoms with Crippen molar-refractivity contribution in [2.75, 3.05) is 19.5 Å². The fourth-order valence-corrected chi connectivity index (χ4v) is 3.54. The number of nitrogens with one attached hydrogen (secondary N) is 2. The fraction of sp³-hybridized carbons (Fsp3) is 0.407. The van der Waals surface area contributed by atoms with Gasteiger partial charge in [-0.2, -0.15) is 4.98 Å². The predicted octanol–water partition coefficient (Wildman–Crippen LogP) is 3.14. The number of hydrogen-bond acceptors (Lipinski definition) is 8. The predicted molar refractivity (Wildman–Crippen MR) is 149 cm³/mol. The van der Waals surface area contributed by atoms with E-state index in [1.165, 1.54) is 12.5 Å². The Morgan fingerprint density at radius 2 is 1.75 bits per heavy atom. The van der Waals surface area contributed by atoms with Crippen molar-refractivity contribution in [1.29, 1.82) is 0 Å². The summed E-state index contributed by atoms with van der Waals surface area (Å²) in [4.78, 5) is 26.7. The molecule has 0 bridgehead atoms. The minimum atomic E-state index is -2.59. The Morgan fingerprint density at radius 3 is 2.12 bits per heavy atom. The van der Waals surface area contributed by atoms with Crippen LogP contribution in [0.1, 0.15) is 64.5 Å². The number of nitrogens with zero attached hydrogens (tertiary/aromatic N) is 2. The molecule has 2 aromatic heterocycles. The van der Waals surface area contributed by atoms with Crippen LogP contribution in [0.15, 0.2) is 35.4 Å². The van der Waals surface area contributed by atoms with Crippen molar-refractivity contribution < 1.29 is 61.4 Å². The standard InChI is InChI=1S/C14H19N3O.C8H8F2O2S.C3H7NO.C2H4O.Na/c1-5-9(2)13-10-6-7-12(18-4)17-14(10)16-8-11(13)15-3;1-2-6-7(9)3-5(13(11)12)4-8(6)10;1-2-3(4)5;1-2-3;/h6-9,15H,5H2,1-4H3;3-4H,2H2,1H3,(H,11,12);2H2,1H3,(H2,4,5);2H,1H3;/q;;;;+1/p-2. The van der Waals surface area contributed by atoms with Crippen molar-refractivity contribution in [3.05, 3.63) is 59.0 Å². The average molecular weight is 590 g/mol. The molecule has 9 nitrogen and oxygen atoms in total. The summed E-state index contributed by atoms with van der Waals surface area (Å²) in [5, 5.41) is 4.30. The number of carbonyl (C=O) groups is 2. The van der Waals surface area contributed by atoms with E-state index in [9.17, 15) is 22.3 Å². The van der Waals surface area contributed by atoms with Crippen LogP contribution < -0.4 is 39.6 Å². The van der Waals surface area contributed by atoms with Gasteiger partial charge in [-0.1, -0.05) is 27.7 Å². The number of anilines is 1. The van der Waals surface area contributed by atoms with E-state index >= 15 is 0 Å². The SMILES string of the molecule is CC=O.CCC(C)c1c(NC)cnc2nc(OC)ccc12.CCC([NH-])=O.CCc1c(F)cc(S(=O)[O-])cc1F.[Na+]. The molecule has 3 aromatic rings. The zero-order chi connectivity index (χ0) is 30.1. The maximum absolute atomic E-state index is 13.0. The van der Waals surface area contributed by atoms with Crippen LogP contribution in [0.5, 0.6) is 5.88 Å². The first kappa shape index (κ1) is 39.6. The first-order valence-electron chi connectivity index (χ1n) is 12.2. The molecular weight excluding hydrogens is 553 g/mol. The summed E-state index contributed by atoms with van der Waals surface area (Å²) in [6, 6.07) is 5.54. The van der Waals surface area contributed by atoms with Gasteiger partial charge in [0, 0.05) is 34.9 Å². The smallest absolute Gasteiger partial charge is 0.768 e. The van der Waals surface area contributed by atoms with Crippen LogP contribution >= 0.6 is 0 Å². The van der Waals surface area contributed by atoms with Crippen LogP contribution in [0.4, 0.5) is 14.5 Å². The van der Waals surface area contributed by atoms with E-state index in [0.29, 0.717) is 18.2 Å². The Morgan fingerprint density at radius 1 is 1.23 bits per heavy atom. The van der Waals surface area contributed by atoms with E-state index in [2.05, 4.69) is 29.1 Å². The first-order valence-corrected chi connectivity index (χ1v) is 13.3. The van der Waals surface area contributed by atoms with Gasteiger partial charge in [0.15, 0.2) is 5.65 Å². The van der Waals surface area contributed by atoms with Gasteiger partial charge in [-0.3, -0.25) is 4.21 Å². The zero-order valence-electron chi connectivity index (χ0n) is 24.3. The van der Waals surface area contributed by atoms with Gasteiger partial charge < -0.3 is 29.9 Å². The number of carbonyl (C=O) groups excluding carboxylic acids is 2. The zero-order valence-corrected chi connectivity index (χ0v) is 27.1. The minimum Gasteiger partial charge on any atom is -0.768 e. The summed E-state index contributed by atoms with van der Waals surface area (Å²) in [5.41, 5.74) is 9.19. The van der Waals surface area contributed by atoms with E-state index in [4.69, 9.17) is 15.3 Å². The van der Waals surface area contributed by atoms with Crippen molar-refractivity contribution in [3.8, 4) is 5.88 Å². The van der Waals surface area contributed by atoms with Gasteiger partial charge in [0.05, 0.1) is 19.0 Å². The summed E-state index contributed by atoms with van der Waals surface area (Å²) in [6.45, 7) is 9.11. The molecule has 2 N–H and O–H groups in total. The van der Waals surface area contributed by atoms with E-state index in [1.54, 1.807) is 21.0 Å². The second kappa shape index (κ2) is 21.3. The van der Waals surface area contributed by atoms with Crippen LogP contribution in [0.3, 0.4) is 0 Å². The maximum Gasteiger partial charge on any atom is 1.00 e. The minimum absolute atomic E-state index is 0. The summed E-state index contributed by atoms with van der Waals surface area (Å²) >= 11 is -2.59. The molecule has 13 heteroatoms. The number of ether oxygens (including phenoxy) is 1.